The fourth-order valence-electron chi connectivity index (χ4n) is 2.24. The normalized spacial score (nSPS) is 19.1. The molecule has 3 heteroatoms. The van der Waals surface area contributed by atoms with Crippen molar-refractivity contribution in [2.45, 2.75) is 36.9 Å². The standard InChI is InChI=1S/C14H18BrNO/c1-2-5-11(15)9-16-14(17)13-8-10-6-3-4-7-12(10)13/h3-4,6-7,11,13H,2,5,8-9H2,1H3,(H,16,17). The smallest absolute Gasteiger partial charge is 0.227 e. The molecule has 0 bridgehead atoms. The molecule has 1 N–H and O–H groups in total. The van der Waals surface area contributed by atoms with Crippen molar-refractivity contribution in [3.8, 4) is 0 Å². The summed E-state index contributed by atoms with van der Waals surface area (Å²) in [5.74, 6) is 0.247. The largest absolute Gasteiger partial charge is 0.354 e. The Morgan fingerprint density at radius 2 is 2.29 bits per heavy atom. The van der Waals surface area contributed by atoms with E-state index in [0.29, 0.717) is 4.83 Å². The Bertz CT molecular complexity index is 405. The van der Waals surface area contributed by atoms with Crippen LogP contribution in [0.3, 0.4) is 0 Å². The zero-order chi connectivity index (χ0) is 12.3. The van der Waals surface area contributed by atoms with Gasteiger partial charge in [0.05, 0.1) is 5.92 Å². The number of hydrogen-bond acceptors (Lipinski definition) is 1. The van der Waals surface area contributed by atoms with E-state index < -0.39 is 0 Å². The number of amides is 1. The molecule has 0 spiro atoms. The first-order valence-corrected chi connectivity index (χ1v) is 7.13. The molecule has 92 valence electrons. The van der Waals surface area contributed by atoms with Crippen molar-refractivity contribution in [1.29, 1.82) is 0 Å². The van der Waals surface area contributed by atoms with Crippen molar-refractivity contribution in [2.24, 2.45) is 0 Å². The van der Waals surface area contributed by atoms with Crippen LogP contribution in [0.15, 0.2) is 24.3 Å². The molecule has 0 heterocycles. The summed E-state index contributed by atoms with van der Waals surface area (Å²) in [6.07, 6.45) is 3.13. The van der Waals surface area contributed by atoms with Gasteiger partial charge in [0.25, 0.3) is 0 Å². The quantitative estimate of drug-likeness (QED) is 0.832. The molecule has 2 rings (SSSR count). The molecule has 2 atom stereocenters. The summed E-state index contributed by atoms with van der Waals surface area (Å²) >= 11 is 3.57. The molecule has 1 amide bonds. The summed E-state index contributed by atoms with van der Waals surface area (Å²) in [7, 11) is 0. The Morgan fingerprint density at radius 1 is 1.53 bits per heavy atom. The molecule has 2 unspecified atom stereocenters. The number of hydrogen-bond donors (Lipinski definition) is 1. The van der Waals surface area contributed by atoms with Crippen LogP contribution in [0.4, 0.5) is 0 Å². The highest BCUT2D eigenvalue weighted by molar-refractivity contribution is 9.09. The van der Waals surface area contributed by atoms with Crippen molar-refractivity contribution < 1.29 is 4.79 Å². The minimum atomic E-state index is 0.0764. The SMILES string of the molecule is CCCC(Br)CNC(=O)C1Cc2ccccc21. The Morgan fingerprint density at radius 3 is 3.00 bits per heavy atom. The van der Waals surface area contributed by atoms with E-state index >= 15 is 0 Å². The fourth-order valence-corrected chi connectivity index (χ4v) is 2.86. The topological polar surface area (TPSA) is 29.1 Å². The van der Waals surface area contributed by atoms with Gasteiger partial charge in [0, 0.05) is 11.4 Å². The predicted octanol–water partition coefficient (Wildman–Crippen LogP) is 3.01. The van der Waals surface area contributed by atoms with E-state index in [0.717, 1.165) is 25.8 Å². The lowest BCUT2D eigenvalue weighted by molar-refractivity contribution is -0.123. The summed E-state index contributed by atoms with van der Waals surface area (Å²) in [6.45, 7) is 2.88. The monoisotopic (exact) mass is 295 g/mol. The van der Waals surface area contributed by atoms with E-state index in [9.17, 15) is 4.79 Å². The molecule has 1 aromatic rings. The van der Waals surface area contributed by atoms with Gasteiger partial charge < -0.3 is 5.32 Å². The molecule has 2 nitrogen and oxygen atoms in total. The lowest BCUT2D eigenvalue weighted by Crippen LogP contribution is -2.38. The van der Waals surface area contributed by atoms with Gasteiger partial charge in [0.15, 0.2) is 0 Å². The molecule has 0 saturated heterocycles. The van der Waals surface area contributed by atoms with Gasteiger partial charge >= 0.3 is 0 Å². The fraction of sp³-hybridized carbons (Fsp3) is 0.500. The predicted molar refractivity (Wildman–Crippen MR) is 73.5 cm³/mol. The van der Waals surface area contributed by atoms with Crippen molar-refractivity contribution in [1.82, 2.24) is 5.32 Å². The number of benzene rings is 1. The average molecular weight is 296 g/mol. The first-order chi connectivity index (χ1) is 8.22. The molecule has 0 saturated carbocycles. The molecule has 0 radical (unpaired) electrons. The van der Waals surface area contributed by atoms with Crippen LogP contribution in [0.2, 0.25) is 0 Å². The molecular weight excluding hydrogens is 278 g/mol. The van der Waals surface area contributed by atoms with Crippen LogP contribution in [-0.2, 0) is 11.2 Å². The maximum Gasteiger partial charge on any atom is 0.227 e. The zero-order valence-electron chi connectivity index (χ0n) is 10.1. The second-order valence-corrected chi connectivity index (χ2v) is 5.88. The van der Waals surface area contributed by atoms with Crippen LogP contribution in [0.1, 0.15) is 36.8 Å². The van der Waals surface area contributed by atoms with Gasteiger partial charge in [-0.25, -0.2) is 0 Å². The van der Waals surface area contributed by atoms with Gasteiger partial charge in [0.1, 0.15) is 0 Å². The van der Waals surface area contributed by atoms with Crippen molar-refractivity contribution in [2.75, 3.05) is 6.54 Å². The number of nitrogens with one attached hydrogen (secondary N) is 1. The highest BCUT2D eigenvalue weighted by Crippen LogP contribution is 2.34. The van der Waals surface area contributed by atoms with Crippen LogP contribution in [-0.4, -0.2) is 17.3 Å². The Labute approximate surface area is 111 Å². The van der Waals surface area contributed by atoms with E-state index in [1.165, 1.54) is 11.1 Å². The minimum Gasteiger partial charge on any atom is -0.354 e. The molecule has 1 aromatic carbocycles. The Hall–Kier alpha value is -0.830. The van der Waals surface area contributed by atoms with Crippen molar-refractivity contribution in [3.05, 3.63) is 35.4 Å². The van der Waals surface area contributed by atoms with Crippen LogP contribution in [0, 0.1) is 0 Å². The number of halogens is 1. The first kappa shape index (κ1) is 12.6. The van der Waals surface area contributed by atoms with E-state index in [1.54, 1.807) is 0 Å². The summed E-state index contributed by atoms with van der Waals surface area (Å²) in [5, 5.41) is 3.02. The molecule has 0 aromatic heterocycles. The average Bonchev–Trinajstić information content (AvgIpc) is 2.28. The molecular formula is C14H18BrNO. The second kappa shape index (κ2) is 5.67. The lowest BCUT2D eigenvalue weighted by atomic mass is 9.77. The lowest BCUT2D eigenvalue weighted by Gasteiger charge is -2.29. The summed E-state index contributed by atoms with van der Waals surface area (Å²) in [5.41, 5.74) is 2.52. The molecule has 0 fully saturated rings. The summed E-state index contributed by atoms with van der Waals surface area (Å²) < 4.78 is 0. The minimum absolute atomic E-state index is 0.0764. The van der Waals surface area contributed by atoms with Gasteiger partial charge in [-0.3, -0.25) is 4.79 Å². The van der Waals surface area contributed by atoms with Crippen LogP contribution < -0.4 is 5.32 Å². The molecule has 17 heavy (non-hydrogen) atoms. The number of rotatable bonds is 5. The van der Waals surface area contributed by atoms with E-state index in [1.807, 2.05) is 12.1 Å². The van der Waals surface area contributed by atoms with E-state index in [2.05, 4.69) is 40.3 Å². The van der Waals surface area contributed by atoms with Crippen LogP contribution in [0.25, 0.3) is 0 Å². The third-order valence-corrected chi connectivity index (χ3v) is 4.05. The Balaban J connectivity index is 1.83. The summed E-state index contributed by atoms with van der Waals surface area (Å²) in [6, 6.07) is 8.19. The first-order valence-electron chi connectivity index (χ1n) is 6.22. The van der Waals surface area contributed by atoms with Gasteiger partial charge in [-0.05, 0) is 24.0 Å². The van der Waals surface area contributed by atoms with E-state index in [4.69, 9.17) is 0 Å². The van der Waals surface area contributed by atoms with Gasteiger partial charge in [0.2, 0.25) is 5.91 Å². The molecule has 1 aliphatic rings. The second-order valence-electron chi connectivity index (χ2n) is 4.59. The zero-order valence-corrected chi connectivity index (χ0v) is 11.7. The van der Waals surface area contributed by atoms with E-state index in [-0.39, 0.29) is 11.8 Å². The third kappa shape index (κ3) is 2.89. The number of carbonyl (C=O) groups is 1. The van der Waals surface area contributed by atoms with Crippen molar-refractivity contribution >= 4 is 21.8 Å². The van der Waals surface area contributed by atoms with Gasteiger partial charge in [-0.15, -0.1) is 0 Å². The third-order valence-electron chi connectivity index (χ3n) is 3.27. The Kier molecular flexibility index (Phi) is 4.21. The van der Waals surface area contributed by atoms with Crippen LogP contribution in [0.5, 0.6) is 0 Å². The molecule has 1 aliphatic carbocycles. The number of alkyl halides is 1. The highest BCUT2D eigenvalue weighted by atomic mass is 79.9. The van der Waals surface area contributed by atoms with Crippen LogP contribution >= 0.6 is 15.9 Å². The maximum atomic E-state index is 12.0. The summed E-state index contributed by atoms with van der Waals surface area (Å²) in [4.78, 5) is 12.4. The maximum absolute atomic E-state index is 12.0. The molecule has 0 aliphatic heterocycles. The highest BCUT2D eigenvalue weighted by Gasteiger charge is 2.31. The van der Waals surface area contributed by atoms with Gasteiger partial charge in [-0.1, -0.05) is 53.5 Å². The number of carbonyl (C=O) groups excluding carboxylic acids is 1. The number of fused-ring (bicyclic) bond motifs is 1. The van der Waals surface area contributed by atoms with Gasteiger partial charge in [-0.2, -0.15) is 0 Å². The van der Waals surface area contributed by atoms with Crippen molar-refractivity contribution in [3.63, 3.8) is 0 Å².